The Bertz CT molecular complexity index is 1610. The summed E-state index contributed by atoms with van der Waals surface area (Å²) in [4.78, 5) is 29.4. The van der Waals surface area contributed by atoms with Crippen molar-refractivity contribution < 1.29 is 0 Å². The first-order chi connectivity index (χ1) is 18.3. The number of para-hydroxylation sites is 1. The lowest BCUT2D eigenvalue weighted by Crippen LogP contribution is -2.44. The summed E-state index contributed by atoms with van der Waals surface area (Å²) in [5.74, 6) is 0.319. The highest BCUT2D eigenvalue weighted by molar-refractivity contribution is 6.37. The largest absolute Gasteiger partial charge is 0.371 e. The van der Waals surface area contributed by atoms with Gasteiger partial charge in [-0.05, 0) is 69.3 Å². The van der Waals surface area contributed by atoms with Crippen LogP contribution in [-0.4, -0.2) is 57.6 Å². The lowest BCUT2D eigenvalue weighted by Gasteiger charge is -2.41. The standard InChI is InChI=1S/C27H28Cl2N8O/c1-35-13-11-27(15-35)10-3-12-36(16-27)18-8-6-17(7-9-18)32-25-31-14-19-23(30)37(26(38)34-24(19)33-25)22-20(28)4-2-5-21(22)29/h2,4-9,14,30H,3,10-13,15-16H2,1H3,(H2,31,32,33,34,38). The monoisotopic (exact) mass is 550 g/mol. The number of nitrogens with one attached hydrogen (secondary N) is 3. The van der Waals surface area contributed by atoms with E-state index >= 15 is 0 Å². The maximum Gasteiger partial charge on any atom is 0.333 e. The molecule has 0 aliphatic carbocycles. The van der Waals surface area contributed by atoms with E-state index in [-0.39, 0.29) is 26.9 Å². The van der Waals surface area contributed by atoms with Crippen LogP contribution < -0.4 is 21.4 Å². The van der Waals surface area contributed by atoms with E-state index in [1.807, 2.05) is 12.1 Å². The van der Waals surface area contributed by atoms with Gasteiger partial charge in [-0.2, -0.15) is 4.98 Å². The van der Waals surface area contributed by atoms with E-state index in [0.717, 1.165) is 23.3 Å². The van der Waals surface area contributed by atoms with Gasteiger partial charge in [-0.1, -0.05) is 29.3 Å². The summed E-state index contributed by atoms with van der Waals surface area (Å²) in [7, 11) is 2.22. The van der Waals surface area contributed by atoms with Gasteiger partial charge in [0, 0.05) is 42.6 Å². The summed E-state index contributed by atoms with van der Waals surface area (Å²) in [6.45, 7) is 4.54. The number of likely N-dealkylation sites (tertiary alicyclic amines) is 1. The van der Waals surface area contributed by atoms with Crippen molar-refractivity contribution in [3.8, 4) is 5.69 Å². The fraction of sp³-hybridized carbons (Fsp3) is 0.333. The molecule has 1 unspecified atom stereocenters. The fourth-order valence-corrected chi connectivity index (χ4v) is 6.38. The highest BCUT2D eigenvalue weighted by atomic mass is 35.5. The molecule has 2 aliphatic rings. The number of benzene rings is 2. The molecule has 38 heavy (non-hydrogen) atoms. The summed E-state index contributed by atoms with van der Waals surface area (Å²) in [6.07, 6.45) is 5.30. The van der Waals surface area contributed by atoms with Gasteiger partial charge in [-0.3, -0.25) is 10.4 Å². The molecule has 9 nitrogen and oxygen atoms in total. The van der Waals surface area contributed by atoms with Gasteiger partial charge in [-0.25, -0.2) is 14.3 Å². The molecule has 2 aromatic carbocycles. The summed E-state index contributed by atoms with van der Waals surface area (Å²) in [5, 5.41) is 12.7. The number of hydrogen-bond donors (Lipinski definition) is 3. The van der Waals surface area contributed by atoms with Crippen molar-refractivity contribution in [1.82, 2.24) is 24.4 Å². The number of anilines is 3. The number of halogens is 2. The number of H-pyrrole nitrogens is 1. The van der Waals surface area contributed by atoms with Gasteiger partial charge >= 0.3 is 5.69 Å². The Kier molecular flexibility index (Phi) is 6.37. The maximum atomic E-state index is 12.9. The van der Waals surface area contributed by atoms with Crippen LogP contribution in [0.5, 0.6) is 0 Å². The zero-order valence-electron chi connectivity index (χ0n) is 21.0. The van der Waals surface area contributed by atoms with Crippen LogP contribution in [-0.2, 0) is 0 Å². The molecule has 2 aromatic heterocycles. The zero-order valence-corrected chi connectivity index (χ0v) is 22.5. The molecule has 3 N–H and O–H groups in total. The summed E-state index contributed by atoms with van der Waals surface area (Å²) >= 11 is 12.6. The number of piperidine rings is 1. The van der Waals surface area contributed by atoms with Gasteiger partial charge < -0.3 is 15.1 Å². The van der Waals surface area contributed by atoms with Crippen LogP contribution in [0.1, 0.15) is 19.3 Å². The van der Waals surface area contributed by atoms with Crippen molar-refractivity contribution in [2.24, 2.45) is 5.41 Å². The molecule has 0 saturated carbocycles. The van der Waals surface area contributed by atoms with E-state index in [0.29, 0.717) is 16.7 Å². The van der Waals surface area contributed by atoms with E-state index in [4.69, 9.17) is 28.6 Å². The van der Waals surface area contributed by atoms with Gasteiger partial charge in [0.1, 0.15) is 5.49 Å². The quantitative estimate of drug-likeness (QED) is 0.344. The first kappa shape index (κ1) is 24.9. The second-order valence-electron chi connectivity index (χ2n) is 10.3. The number of nitrogens with zero attached hydrogens (tertiary/aromatic N) is 5. The number of aromatic amines is 1. The van der Waals surface area contributed by atoms with Gasteiger partial charge in [-0.15, -0.1) is 0 Å². The molecule has 0 amide bonds. The van der Waals surface area contributed by atoms with Gasteiger partial charge in [0.2, 0.25) is 5.95 Å². The first-order valence-electron chi connectivity index (χ1n) is 12.6. The van der Waals surface area contributed by atoms with Crippen LogP contribution in [0.4, 0.5) is 17.3 Å². The molecule has 0 bridgehead atoms. The molecule has 4 aromatic rings. The van der Waals surface area contributed by atoms with Crippen LogP contribution in [0.25, 0.3) is 16.7 Å². The average Bonchev–Trinajstić information content (AvgIpc) is 3.25. The SMILES string of the molecule is CN1CCC2(CCCN(c3ccc(Nc4ncc5c(=N)n(-c6c(Cl)cccc6Cl)c(=O)[nH]c5n4)cc3)C2)C1. The number of hydrogen-bond acceptors (Lipinski definition) is 7. The van der Waals surface area contributed by atoms with E-state index in [9.17, 15) is 4.79 Å². The molecular formula is C27H28Cl2N8O. The lowest BCUT2D eigenvalue weighted by atomic mass is 9.79. The highest BCUT2D eigenvalue weighted by Gasteiger charge is 2.40. The van der Waals surface area contributed by atoms with Crippen LogP contribution in [0.15, 0.2) is 53.5 Å². The fourth-order valence-electron chi connectivity index (χ4n) is 5.81. The molecule has 11 heteroatoms. The Balaban J connectivity index is 1.24. The second kappa shape index (κ2) is 9.72. The van der Waals surface area contributed by atoms with Crippen molar-refractivity contribution in [3.63, 3.8) is 0 Å². The van der Waals surface area contributed by atoms with Gasteiger partial charge in [0.25, 0.3) is 0 Å². The van der Waals surface area contributed by atoms with E-state index < -0.39 is 5.69 Å². The number of aromatic nitrogens is 4. The zero-order chi connectivity index (χ0) is 26.4. The minimum absolute atomic E-state index is 0.109. The topological polar surface area (TPSA) is 106 Å². The molecule has 0 radical (unpaired) electrons. The molecule has 196 valence electrons. The van der Waals surface area contributed by atoms with E-state index in [1.165, 1.54) is 44.2 Å². The van der Waals surface area contributed by atoms with Gasteiger partial charge in [0.15, 0.2) is 5.65 Å². The van der Waals surface area contributed by atoms with E-state index in [2.05, 4.69) is 49.2 Å². The lowest BCUT2D eigenvalue weighted by molar-refractivity contribution is 0.234. The Morgan fingerprint density at radius 3 is 2.53 bits per heavy atom. The molecule has 2 saturated heterocycles. The third-order valence-corrected chi connectivity index (χ3v) is 8.25. The predicted molar refractivity (Wildman–Crippen MR) is 151 cm³/mol. The summed E-state index contributed by atoms with van der Waals surface area (Å²) in [5.41, 5.74) is 2.27. The molecule has 4 heterocycles. The smallest absolute Gasteiger partial charge is 0.333 e. The minimum atomic E-state index is -0.570. The number of rotatable bonds is 4. The molecule has 6 rings (SSSR count). The average molecular weight is 551 g/mol. The van der Waals surface area contributed by atoms with Crippen LogP contribution >= 0.6 is 23.2 Å². The van der Waals surface area contributed by atoms with Crippen LogP contribution in [0.3, 0.4) is 0 Å². The summed E-state index contributed by atoms with van der Waals surface area (Å²) < 4.78 is 1.12. The Morgan fingerprint density at radius 1 is 1.05 bits per heavy atom. The third kappa shape index (κ3) is 4.55. The van der Waals surface area contributed by atoms with Crippen molar-refractivity contribution in [1.29, 1.82) is 5.41 Å². The normalized spacial score (nSPS) is 19.9. The van der Waals surface area contributed by atoms with Gasteiger partial charge in [0.05, 0.1) is 21.1 Å². The van der Waals surface area contributed by atoms with Crippen molar-refractivity contribution in [3.05, 3.63) is 74.7 Å². The summed E-state index contributed by atoms with van der Waals surface area (Å²) in [6, 6.07) is 13.2. The Labute approximate surface area is 229 Å². The maximum absolute atomic E-state index is 12.9. The minimum Gasteiger partial charge on any atom is -0.371 e. The number of fused-ring (bicyclic) bond motifs is 1. The molecule has 2 fully saturated rings. The van der Waals surface area contributed by atoms with Crippen molar-refractivity contribution >= 4 is 51.6 Å². The molecular weight excluding hydrogens is 523 g/mol. The Morgan fingerprint density at radius 2 is 1.82 bits per heavy atom. The first-order valence-corrected chi connectivity index (χ1v) is 13.4. The Hall–Kier alpha value is -3.40. The second-order valence-corrected chi connectivity index (χ2v) is 11.1. The van der Waals surface area contributed by atoms with Crippen molar-refractivity contribution in [2.75, 3.05) is 43.4 Å². The predicted octanol–water partition coefficient (Wildman–Crippen LogP) is 4.56. The van der Waals surface area contributed by atoms with E-state index in [1.54, 1.807) is 18.2 Å². The van der Waals surface area contributed by atoms with Crippen LogP contribution in [0, 0.1) is 10.8 Å². The van der Waals surface area contributed by atoms with Crippen LogP contribution in [0.2, 0.25) is 10.0 Å². The highest BCUT2D eigenvalue weighted by Crippen LogP contribution is 2.40. The third-order valence-electron chi connectivity index (χ3n) is 7.64. The molecule has 2 aliphatic heterocycles. The molecule has 1 spiro atoms. The van der Waals surface area contributed by atoms with Crippen molar-refractivity contribution in [2.45, 2.75) is 19.3 Å². The molecule has 1 atom stereocenters.